The van der Waals surface area contributed by atoms with Crippen LogP contribution in [0.1, 0.15) is 40.2 Å². The Hall–Kier alpha value is -4.79. The maximum Gasteiger partial charge on any atom is 0.416 e. The van der Waals surface area contributed by atoms with Crippen molar-refractivity contribution in [3.05, 3.63) is 119 Å². The van der Waals surface area contributed by atoms with Crippen LogP contribution in [-0.4, -0.2) is 18.9 Å². The number of halogens is 3. The topological polar surface area (TPSA) is 80.6 Å². The van der Waals surface area contributed by atoms with E-state index in [2.05, 4.69) is 10.6 Å². The first-order valence-corrected chi connectivity index (χ1v) is 11.9. The van der Waals surface area contributed by atoms with Crippen molar-refractivity contribution in [2.75, 3.05) is 7.11 Å². The molecule has 3 aromatic carbocycles. The molecule has 6 nitrogen and oxygen atoms in total. The van der Waals surface area contributed by atoms with E-state index in [1.165, 1.54) is 37.5 Å². The van der Waals surface area contributed by atoms with Crippen molar-refractivity contribution in [3.63, 3.8) is 0 Å². The third-order valence-electron chi connectivity index (χ3n) is 5.88. The first-order chi connectivity index (χ1) is 18.6. The quantitative estimate of drug-likeness (QED) is 0.249. The van der Waals surface area contributed by atoms with E-state index in [-0.39, 0.29) is 34.4 Å². The largest absolute Gasteiger partial charge is 0.497 e. The predicted octanol–water partition coefficient (Wildman–Crippen LogP) is 6.62. The number of benzene rings is 3. The number of furan rings is 1. The monoisotopic (exact) mass is 534 g/mol. The number of hydrogen-bond donors (Lipinski definition) is 2. The Labute approximate surface area is 223 Å². The summed E-state index contributed by atoms with van der Waals surface area (Å²) >= 11 is 0. The molecule has 2 amide bonds. The Balaban J connectivity index is 1.62. The second-order valence-electron chi connectivity index (χ2n) is 8.63. The van der Waals surface area contributed by atoms with Gasteiger partial charge in [0.25, 0.3) is 11.8 Å². The molecule has 39 heavy (non-hydrogen) atoms. The summed E-state index contributed by atoms with van der Waals surface area (Å²) in [4.78, 5) is 26.2. The highest BCUT2D eigenvalue weighted by Crippen LogP contribution is 2.33. The predicted molar refractivity (Wildman–Crippen MR) is 141 cm³/mol. The van der Waals surface area contributed by atoms with Gasteiger partial charge in [-0.05, 0) is 61.0 Å². The van der Waals surface area contributed by atoms with Crippen molar-refractivity contribution in [1.29, 1.82) is 0 Å². The highest BCUT2D eigenvalue weighted by atomic mass is 19.4. The lowest BCUT2D eigenvalue weighted by atomic mass is 10.1. The molecule has 2 N–H and O–H groups in total. The Bertz CT molecular complexity index is 1480. The van der Waals surface area contributed by atoms with Crippen molar-refractivity contribution >= 4 is 17.9 Å². The number of ether oxygens (including phenoxy) is 1. The molecular weight excluding hydrogens is 509 g/mol. The second-order valence-corrected chi connectivity index (χ2v) is 8.63. The van der Waals surface area contributed by atoms with Crippen LogP contribution < -0.4 is 15.4 Å². The lowest BCUT2D eigenvalue weighted by molar-refractivity contribution is -0.137. The summed E-state index contributed by atoms with van der Waals surface area (Å²) in [7, 11) is 1.51. The van der Waals surface area contributed by atoms with E-state index < -0.39 is 23.6 Å². The zero-order valence-electron chi connectivity index (χ0n) is 21.1. The molecule has 0 fully saturated rings. The molecule has 9 heteroatoms. The highest BCUT2D eigenvalue weighted by Gasteiger charge is 2.30. The molecule has 1 unspecified atom stereocenters. The van der Waals surface area contributed by atoms with Gasteiger partial charge >= 0.3 is 6.18 Å². The maximum atomic E-state index is 13.2. The number of alkyl halides is 3. The molecule has 1 heterocycles. The second kappa shape index (κ2) is 11.7. The molecule has 0 bridgehead atoms. The number of carbonyl (C=O) groups excluding carboxylic acids is 2. The molecule has 200 valence electrons. The standard InChI is InChI=1S/C30H25F3N2O4/c1-19(20-7-4-3-5-8-20)34-29(37)26(35-28(36)21-11-13-24(38-2)14-12-21)18-25-15-16-27(39-25)22-9-6-10-23(17-22)30(31,32)33/h3-19H,1-2H3,(H,34,37)(H,35,36). The molecule has 0 aliphatic heterocycles. The number of carbonyl (C=O) groups is 2. The Morgan fingerprint density at radius 2 is 1.64 bits per heavy atom. The van der Waals surface area contributed by atoms with Crippen molar-refractivity contribution in [3.8, 4) is 17.1 Å². The van der Waals surface area contributed by atoms with E-state index in [0.717, 1.165) is 17.7 Å². The van der Waals surface area contributed by atoms with Crippen LogP contribution in [0.25, 0.3) is 17.4 Å². The summed E-state index contributed by atoms with van der Waals surface area (Å²) in [6.45, 7) is 1.80. The minimum Gasteiger partial charge on any atom is -0.497 e. The van der Waals surface area contributed by atoms with Gasteiger partial charge < -0.3 is 19.8 Å². The van der Waals surface area contributed by atoms with E-state index in [9.17, 15) is 22.8 Å². The summed E-state index contributed by atoms with van der Waals surface area (Å²) < 4.78 is 50.3. The van der Waals surface area contributed by atoms with Crippen LogP contribution in [0.15, 0.2) is 101 Å². The molecule has 1 aromatic heterocycles. The average molecular weight is 535 g/mol. The van der Waals surface area contributed by atoms with Gasteiger partial charge in [-0.3, -0.25) is 9.59 Å². The zero-order valence-corrected chi connectivity index (χ0v) is 21.1. The third-order valence-corrected chi connectivity index (χ3v) is 5.88. The fraction of sp³-hybridized carbons (Fsp3) is 0.133. The SMILES string of the molecule is COc1ccc(C(=O)NC(=Cc2ccc(-c3cccc(C(F)(F)F)c3)o2)C(=O)NC(C)c2ccccc2)cc1. The van der Waals surface area contributed by atoms with Crippen LogP contribution in [0.2, 0.25) is 0 Å². The van der Waals surface area contributed by atoms with Crippen LogP contribution in [0, 0.1) is 0 Å². The van der Waals surface area contributed by atoms with E-state index in [0.29, 0.717) is 5.75 Å². The van der Waals surface area contributed by atoms with Crippen molar-refractivity contribution in [2.45, 2.75) is 19.1 Å². The molecule has 0 aliphatic rings. The molecule has 0 aliphatic carbocycles. The summed E-state index contributed by atoms with van der Waals surface area (Å²) in [6, 6.07) is 22.9. The molecule has 4 rings (SSSR count). The van der Waals surface area contributed by atoms with Crippen LogP contribution in [0.5, 0.6) is 5.75 Å². The summed E-state index contributed by atoms with van der Waals surface area (Å²) in [6.07, 6.45) is -3.18. The first-order valence-electron chi connectivity index (χ1n) is 11.9. The van der Waals surface area contributed by atoms with Gasteiger partial charge in [0.1, 0.15) is 23.0 Å². The first kappa shape index (κ1) is 27.3. The summed E-state index contributed by atoms with van der Waals surface area (Å²) in [5, 5.41) is 5.46. The molecule has 0 saturated heterocycles. The van der Waals surface area contributed by atoms with Gasteiger partial charge in [-0.15, -0.1) is 0 Å². The fourth-order valence-electron chi connectivity index (χ4n) is 3.77. The van der Waals surface area contributed by atoms with Gasteiger partial charge in [0.2, 0.25) is 0 Å². The van der Waals surface area contributed by atoms with Gasteiger partial charge in [0, 0.05) is 17.2 Å². The number of methoxy groups -OCH3 is 1. The molecule has 0 saturated carbocycles. The zero-order chi connectivity index (χ0) is 28.0. The van der Waals surface area contributed by atoms with Gasteiger partial charge in [0.05, 0.1) is 18.7 Å². The third kappa shape index (κ3) is 6.95. The molecule has 4 aromatic rings. The lowest BCUT2D eigenvalue weighted by Gasteiger charge is -2.16. The Morgan fingerprint density at radius 3 is 2.31 bits per heavy atom. The summed E-state index contributed by atoms with van der Waals surface area (Å²) in [5.74, 6) is -0.225. The van der Waals surface area contributed by atoms with Gasteiger partial charge in [-0.2, -0.15) is 13.2 Å². The van der Waals surface area contributed by atoms with Gasteiger partial charge in [0.15, 0.2) is 0 Å². The number of amides is 2. The lowest BCUT2D eigenvalue weighted by Crippen LogP contribution is -2.36. The van der Waals surface area contributed by atoms with Crippen LogP contribution in [-0.2, 0) is 11.0 Å². The molecule has 1 atom stereocenters. The van der Waals surface area contributed by atoms with Crippen molar-refractivity contribution in [2.24, 2.45) is 0 Å². The van der Waals surface area contributed by atoms with Crippen molar-refractivity contribution in [1.82, 2.24) is 10.6 Å². The van der Waals surface area contributed by atoms with Crippen molar-refractivity contribution < 1.29 is 31.9 Å². The maximum absolute atomic E-state index is 13.2. The minimum atomic E-state index is -4.50. The molecule has 0 spiro atoms. The number of nitrogens with one attached hydrogen (secondary N) is 2. The number of rotatable bonds is 8. The van der Waals surface area contributed by atoms with E-state index in [1.807, 2.05) is 30.3 Å². The van der Waals surface area contributed by atoms with Gasteiger partial charge in [-0.1, -0.05) is 42.5 Å². The van der Waals surface area contributed by atoms with Crippen LogP contribution >= 0.6 is 0 Å². The molecule has 0 radical (unpaired) electrons. The van der Waals surface area contributed by atoms with E-state index >= 15 is 0 Å². The fourth-order valence-corrected chi connectivity index (χ4v) is 3.77. The minimum absolute atomic E-state index is 0.108. The van der Waals surface area contributed by atoms with Crippen LogP contribution in [0.4, 0.5) is 13.2 Å². The van der Waals surface area contributed by atoms with E-state index in [4.69, 9.17) is 9.15 Å². The van der Waals surface area contributed by atoms with E-state index in [1.54, 1.807) is 31.2 Å². The smallest absolute Gasteiger partial charge is 0.416 e. The Kier molecular flexibility index (Phi) is 8.19. The van der Waals surface area contributed by atoms with Crippen LogP contribution in [0.3, 0.4) is 0 Å². The normalized spacial score (nSPS) is 12.5. The number of hydrogen-bond acceptors (Lipinski definition) is 4. The highest BCUT2D eigenvalue weighted by molar-refractivity contribution is 6.05. The van der Waals surface area contributed by atoms with Gasteiger partial charge in [-0.25, -0.2) is 0 Å². The average Bonchev–Trinajstić information content (AvgIpc) is 3.41. The Morgan fingerprint density at radius 1 is 0.923 bits per heavy atom. The summed E-state index contributed by atoms with van der Waals surface area (Å²) in [5.41, 5.74) is 0.445. The molecular formula is C30H25F3N2O4.